The van der Waals surface area contributed by atoms with Crippen molar-refractivity contribution in [1.82, 2.24) is 4.90 Å². The van der Waals surface area contributed by atoms with E-state index < -0.39 is 0 Å². The van der Waals surface area contributed by atoms with E-state index in [4.69, 9.17) is 4.74 Å². The van der Waals surface area contributed by atoms with Gasteiger partial charge in [0.25, 0.3) is 0 Å². The van der Waals surface area contributed by atoms with Crippen LogP contribution in [0.25, 0.3) is 0 Å². The average Bonchev–Trinajstić information content (AvgIpc) is 2.14. The Morgan fingerprint density at radius 3 is 2.24 bits per heavy atom. The van der Waals surface area contributed by atoms with E-state index in [0.29, 0.717) is 10.2 Å². The largest absolute Gasteiger partial charge is 0.444 e. The summed E-state index contributed by atoms with van der Waals surface area (Å²) in [5.41, 5.74) is 0.135. The second kappa shape index (κ2) is 4.45. The molecule has 1 amide bonds. The lowest BCUT2D eigenvalue weighted by Crippen LogP contribution is -2.50. The van der Waals surface area contributed by atoms with Gasteiger partial charge in [-0.15, -0.1) is 0 Å². The first-order valence-corrected chi connectivity index (χ1v) is 7.33. The Labute approximate surface area is 112 Å². The lowest BCUT2D eigenvalue weighted by atomic mass is 9.63. The third kappa shape index (κ3) is 3.15. The first-order valence-electron chi connectivity index (χ1n) is 6.42. The maximum absolute atomic E-state index is 11.9. The Morgan fingerprint density at radius 2 is 1.82 bits per heavy atom. The zero-order chi connectivity index (χ0) is 12.7. The van der Waals surface area contributed by atoms with Crippen LogP contribution in [0.4, 0.5) is 4.79 Å². The molecule has 98 valence electrons. The van der Waals surface area contributed by atoms with E-state index in [-0.39, 0.29) is 11.7 Å². The molecule has 2 rings (SSSR count). The molecule has 1 heterocycles. The number of rotatable bonds is 0. The van der Waals surface area contributed by atoms with Gasteiger partial charge in [-0.05, 0) is 51.9 Å². The van der Waals surface area contributed by atoms with Crippen LogP contribution in [0.5, 0.6) is 0 Å². The van der Waals surface area contributed by atoms with E-state index in [2.05, 4.69) is 15.9 Å². The highest BCUT2D eigenvalue weighted by Crippen LogP contribution is 2.51. The Hall–Kier alpha value is -0.250. The highest BCUT2D eigenvalue weighted by Gasteiger charge is 2.45. The molecule has 1 spiro atoms. The van der Waals surface area contributed by atoms with Crippen LogP contribution >= 0.6 is 15.9 Å². The summed E-state index contributed by atoms with van der Waals surface area (Å²) in [6.07, 6.45) is 4.66. The Bertz CT molecular complexity index is 295. The Balaban J connectivity index is 1.81. The minimum Gasteiger partial charge on any atom is -0.444 e. The number of piperidine rings is 1. The summed E-state index contributed by atoms with van der Waals surface area (Å²) in [7, 11) is 0. The molecule has 1 aliphatic carbocycles. The van der Waals surface area contributed by atoms with E-state index in [1.54, 1.807) is 0 Å². The van der Waals surface area contributed by atoms with Crippen molar-refractivity contribution in [2.45, 2.75) is 56.9 Å². The Kier molecular flexibility index (Phi) is 3.45. The summed E-state index contributed by atoms with van der Waals surface area (Å²) in [6.45, 7) is 7.45. The van der Waals surface area contributed by atoms with Crippen molar-refractivity contribution < 1.29 is 9.53 Å². The van der Waals surface area contributed by atoms with Crippen LogP contribution in [-0.4, -0.2) is 34.5 Å². The van der Waals surface area contributed by atoms with Gasteiger partial charge in [0.1, 0.15) is 5.60 Å². The van der Waals surface area contributed by atoms with Crippen LogP contribution in [0.3, 0.4) is 0 Å². The fourth-order valence-corrected chi connectivity index (χ4v) is 4.15. The second-order valence-corrected chi connectivity index (χ2v) is 7.77. The van der Waals surface area contributed by atoms with Gasteiger partial charge < -0.3 is 9.64 Å². The van der Waals surface area contributed by atoms with Crippen LogP contribution in [0, 0.1) is 5.41 Å². The van der Waals surface area contributed by atoms with Crippen molar-refractivity contribution in [1.29, 1.82) is 0 Å². The van der Waals surface area contributed by atoms with Gasteiger partial charge in [-0.25, -0.2) is 4.79 Å². The molecule has 0 aromatic heterocycles. The standard InChI is InChI=1S/C13H22BrNO2/c1-12(2,3)17-11(16)15-6-4-13(5-7-15)8-10(14)9-13/h10H,4-9H2,1-3H3. The zero-order valence-corrected chi connectivity index (χ0v) is 12.5. The van der Waals surface area contributed by atoms with Gasteiger partial charge in [0.15, 0.2) is 0 Å². The highest BCUT2D eigenvalue weighted by molar-refractivity contribution is 9.09. The molecular formula is C13H22BrNO2. The molecule has 1 aliphatic heterocycles. The third-order valence-electron chi connectivity index (χ3n) is 3.78. The smallest absolute Gasteiger partial charge is 0.410 e. The van der Waals surface area contributed by atoms with E-state index in [0.717, 1.165) is 25.9 Å². The maximum atomic E-state index is 11.9. The van der Waals surface area contributed by atoms with Gasteiger partial charge in [-0.1, -0.05) is 15.9 Å². The SMILES string of the molecule is CC(C)(C)OC(=O)N1CCC2(CC1)CC(Br)C2. The summed E-state index contributed by atoms with van der Waals surface area (Å²) in [5.74, 6) is 0. The molecule has 1 saturated heterocycles. The predicted molar refractivity (Wildman–Crippen MR) is 71.4 cm³/mol. The molecule has 0 aromatic carbocycles. The molecule has 0 N–H and O–H groups in total. The minimum atomic E-state index is -0.385. The second-order valence-electron chi connectivity index (χ2n) is 6.47. The lowest BCUT2D eigenvalue weighted by Gasteiger charge is -2.50. The fraction of sp³-hybridized carbons (Fsp3) is 0.923. The van der Waals surface area contributed by atoms with E-state index >= 15 is 0 Å². The van der Waals surface area contributed by atoms with Gasteiger partial charge in [-0.3, -0.25) is 0 Å². The van der Waals surface area contributed by atoms with Crippen LogP contribution in [0.1, 0.15) is 46.5 Å². The first-order chi connectivity index (χ1) is 7.80. The van der Waals surface area contributed by atoms with Gasteiger partial charge in [0.05, 0.1) is 0 Å². The predicted octanol–water partition coefficient (Wildman–Crippen LogP) is 3.56. The first kappa shape index (κ1) is 13.2. The van der Waals surface area contributed by atoms with E-state index in [1.165, 1.54) is 12.8 Å². The molecule has 0 radical (unpaired) electrons. The molecule has 0 unspecified atom stereocenters. The van der Waals surface area contributed by atoms with E-state index in [9.17, 15) is 4.79 Å². The average molecular weight is 304 g/mol. The number of ether oxygens (including phenoxy) is 1. The maximum Gasteiger partial charge on any atom is 0.410 e. The van der Waals surface area contributed by atoms with Gasteiger partial charge >= 0.3 is 6.09 Å². The molecule has 1 saturated carbocycles. The molecule has 0 bridgehead atoms. The number of alkyl halides is 1. The number of carbonyl (C=O) groups is 1. The topological polar surface area (TPSA) is 29.5 Å². The third-order valence-corrected chi connectivity index (χ3v) is 4.43. The van der Waals surface area contributed by atoms with Crippen molar-refractivity contribution in [3.8, 4) is 0 Å². The number of likely N-dealkylation sites (tertiary alicyclic amines) is 1. The van der Waals surface area contributed by atoms with Crippen molar-refractivity contribution in [3.05, 3.63) is 0 Å². The molecule has 2 fully saturated rings. The molecule has 3 nitrogen and oxygen atoms in total. The number of halogens is 1. The van der Waals surface area contributed by atoms with Crippen molar-refractivity contribution in [2.24, 2.45) is 5.41 Å². The molecule has 4 heteroatoms. The number of carbonyl (C=O) groups excluding carboxylic acids is 1. The number of hydrogen-bond donors (Lipinski definition) is 0. The van der Waals surface area contributed by atoms with Crippen molar-refractivity contribution >= 4 is 22.0 Å². The van der Waals surface area contributed by atoms with Gasteiger partial charge in [-0.2, -0.15) is 0 Å². The minimum absolute atomic E-state index is 0.151. The quantitative estimate of drug-likeness (QED) is 0.640. The summed E-state index contributed by atoms with van der Waals surface area (Å²) in [5, 5.41) is 0. The van der Waals surface area contributed by atoms with Gasteiger partial charge in [0, 0.05) is 17.9 Å². The zero-order valence-electron chi connectivity index (χ0n) is 11.0. The molecular weight excluding hydrogens is 282 g/mol. The van der Waals surface area contributed by atoms with Crippen LogP contribution < -0.4 is 0 Å². The molecule has 0 aromatic rings. The normalized spacial score (nSPS) is 24.6. The number of hydrogen-bond acceptors (Lipinski definition) is 2. The number of amides is 1. The summed E-state index contributed by atoms with van der Waals surface area (Å²) < 4.78 is 5.40. The monoisotopic (exact) mass is 303 g/mol. The Morgan fingerprint density at radius 1 is 1.29 bits per heavy atom. The van der Waals surface area contributed by atoms with E-state index in [1.807, 2.05) is 25.7 Å². The van der Waals surface area contributed by atoms with Crippen LogP contribution in [0.15, 0.2) is 0 Å². The summed E-state index contributed by atoms with van der Waals surface area (Å²) in [6, 6.07) is 0. The van der Waals surface area contributed by atoms with Crippen molar-refractivity contribution in [2.75, 3.05) is 13.1 Å². The molecule has 17 heavy (non-hydrogen) atoms. The summed E-state index contributed by atoms with van der Waals surface area (Å²) in [4.78, 5) is 14.5. The fourth-order valence-electron chi connectivity index (χ4n) is 2.78. The van der Waals surface area contributed by atoms with Crippen molar-refractivity contribution in [3.63, 3.8) is 0 Å². The highest BCUT2D eigenvalue weighted by atomic mass is 79.9. The van der Waals surface area contributed by atoms with Gasteiger partial charge in [0.2, 0.25) is 0 Å². The van der Waals surface area contributed by atoms with Crippen LogP contribution in [-0.2, 0) is 4.74 Å². The molecule has 0 atom stereocenters. The number of nitrogens with zero attached hydrogens (tertiary/aromatic N) is 1. The molecule has 2 aliphatic rings. The lowest BCUT2D eigenvalue weighted by molar-refractivity contribution is -0.00301. The van der Waals surface area contributed by atoms with Crippen LogP contribution in [0.2, 0.25) is 0 Å². The summed E-state index contributed by atoms with van der Waals surface area (Å²) >= 11 is 3.65.